The summed E-state index contributed by atoms with van der Waals surface area (Å²) in [6.45, 7) is 0.522. The molecule has 0 unspecified atom stereocenters. The lowest BCUT2D eigenvalue weighted by molar-refractivity contribution is 0.0742. The van der Waals surface area contributed by atoms with E-state index in [1.54, 1.807) is 22.8 Å². The van der Waals surface area contributed by atoms with Gasteiger partial charge in [-0.25, -0.2) is 4.68 Å². The van der Waals surface area contributed by atoms with Crippen molar-refractivity contribution < 1.29 is 9.32 Å². The highest BCUT2D eigenvalue weighted by atomic mass is 16.5. The van der Waals surface area contributed by atoms with Crippen LogP contribution in [0.3, 0.4) is 0 Å². The molecule has 1 amide bonds. The third-order valence-electron chi connectivity index (χ3n) is 4.63. The summed E-state index contributed by atoms with van der Waals surface area (Å²) in [7, 11) is 1.79. The predicted molar refractivity (Wildman–Crippen MR) is 92.5 cm³/mol. The summed E-state index contributed by atoms with van der Waals surface area (Å²) in [5, 5.41) is 8.29. The zero-order chi connectivity index (χ0) is 17.2. The van der Waals surface area contributed by atoms with Crippen molar-refractivity contribution in [3.8, 4) is 5.69 Å². The van der Waals surface area contributed by atoms with E-state index in [9.17, 15) is 4.79 Å². The number of hydrogen-bond donors (Lipinski definition) is 0. The number of nitrogens with zero attached hydrogens (tertiary/aromatic N) is 4. The maximum atomic E-state index is 12.7. The first-order valence-electron chi connectivity index (χ1n) is 8.54. The van der Waals surface area contributed by atoms with Gasteiger partial charge in [0.25, 0.3) is 5.91 Å². The second-order valence-corrected chi connectivity index (χ2v) is 6.42. The lowest BCUT2D eigenvalue weighted by Gasteiger charge is -2.17. The van der Waals surface area contributed by atoms with E-state index in [1.165, 1.54) is 0 Å². The highest BCUT2D eigenvalue weighted by Gasteiger charge is 2.26. The van der Waals surface area contributed by atoms with Gasteiger partial charge < -0.3 is 9.42 Å². The van der Waals surface area contributed by atoms with Crippen LogP contribution in [0.1, 0.15) is 40.2 Å². The Bertz CT molecular complexity index is 865. The van der Waals surface area contributed by atoms with Crippen LogP contribution in [0.15, 0.2) is 47.2 Å². The van der Waals surface area contributed by atoms with Crippen LogP contribution in [0.25, 0.3) is 5.69 Å². The number of aromatic nitrogens is 3. The number of hydrogen-bond acceptors (Lipinski definition) is 4. The maximum absolute atomic E-state index is 12.7. The number of carbonyl (C=O) groups excluding carboxylic acids is 1. The molecule has 6 heteroatoms. The molecule has 2 heterocycles. The van der Waals surface area contributed by atoms with Crippen molar-refractivity contribution in [2.75, 3.05) is 7.05 Å². The van der Waals surface area contributed by atoms with Gasteiger partial charge in [-0.05, 0) is 49.4 Å². The van der Waals surface area contributed by atoms with Crippen LogP contribution in [0.2, 0.25) is 0 Å². The molecule has 0 bridgehead atoms. The fourth-order valence-corrected chi connectivity index (χ4v) is 3.25. The van der Waals surface area contributed by atoms with Crippen LogP contribution < -0.4 is 0 Å². The van der Waals surface area contributed by atoms with Gasteiger partial charge in [-0.3, -0.25) is 4.79 Å². The highest BCUT2D eigenvalue weighted by Crippen LogP contribution is 2.25. The van der Waals surface area contributed by atoms with Gasteiger partial charge in [0.1, 0.15) is 0 Å². The zero-order valence-electron chi connectivity index (χ0n) is 14.2. The number of rotatable bonds is 4. The first-order chi connectivity index (χ1) is 12.2. The topological polar surface area (TPSA) is 64.2 Å². The van der Waals surface area contributed by atoms with Gasteiger partial charge in [-0.1, -0.05) is 17.3 Å². The summed E-state index contributed by atoms with van der Waals surface area (Å²) in [6, 6.07) is 9.90. The van der Waals surface area contributed by atoms with Crippen LogP contribution in [0.5, 0.6) is 0 Å². The van der Waals surface area contributed by atoms with Gasteiger partial charge in [0.05, 0.1) is 11.4 Å². The summed E-state index contributed by atoms with van der Waals surface area (Å²) in [5.74, 6) is 0.303. The van der Waals surface area contributed by atoms with Crippen molar-refractivity contribution in [1.82, 2.24) is 19.8 Å². The molecule has 1 aliphatic carbocycles. The van der Waals surface area contributed by atoms with E-state index >= 15 is 0 Å². The average Bonchev–Trinajstić information content (AvgIpc) is 3.31. The molecule has 0 spiro atoms. The molecule has 0 atom stereocenters. The summed E-state index contributed by atoms with van der Waals surface area (Å²) in [4.78, 5) is 14.4. The van der Waals surface area contributed by atoms with Crippen molar-refractivity contribution in [1.29, 1.82) is 0 Å². The molecular weight excluding hydrogens is 316 g/mol. The minimum absolute atomic E-state index is 0.105. The predicted octanol–water partition coefficient (Wildman–Crippen LogP) is 3.01. The molecule has 128 valence electrons. The first-order valence-corrected chi connectivity index (χ1v) is 8.54. The molecule has 3 aromatic rings. The maximum Gasteiger partial charge on any atom is 0.292 e. The van der Waals surface area contributed by atoms with E-state index < -0.39 is 0 Å². The standard InChI is InChI=1S/C19H20N4O2/c1-22(19(24)18-16-5-2-3-6-17(16)21-25-18)13-14-7-9-15(10-8-14)23-12-4-11-20-23/h4,7-12H,2-3,5-6,13H2,1H3. The first kappa shape index (κ1) is 15.6. The molecule has 0 aliphatic heterocycles. The number of amides is 1. The Morgan fingerprint density at radius 1 is 1.24 bits per heavy atom. The van der Waals surface area contributed by atoms with Crippen LogP contribution in [-0.2, 0) is 19.4 Å². The van der Waals surface area contributed by atoms with Crippen LogP contribution >= 0.6 is 0 Å². The van der Waals surface area contributed by atoms with Crippen molar-refractivity contribution in [2.45, 2.75) is 32.2 Å². The molecule has 0 N–H and O–H groups in total. The number of fused-ring (bicyclic) bond motifs is 1. The zero-order valence-corrected chi connectivity index (χ0v) is 14.2. The SMILES string of the molecule is CN(Cc1ccc(-n2cccn2)cc1)C(=O)c1onc2c1CCCC2. The monoisotopic (exact) mass is 336 g/mol. The van der Waals surface area contributed by atoms with E-state index in [0.717, 1.165) is 48.2 Å². The normalized spacial score (nSPS) is 13.5. The molecule has 2 aromatic heterocycles. The third-order valence-corrected chi connectivity index (χ3v) is 4.63. The van der Waals surface area contributed by atoms with Crippen molar-refractivity contribution in [3.63, 3.8) is 0 Å². The minimum Gasteiger partial charge on any atom is -0.350 e. The van der Waals surface area contributed by atoms with Crippen molar-refractivity contribution in [3.05, 3.63) is 65.3 Å². The molecule has 0 saturated carbocycles. The molecular formula is C19H20N4O2. The van der Waals surface area contributed by atoms with Gasteiger partial charge in [0, 0.05) is 31.5 Å². The Kier molecular flexibility index (Phi) is 4.09. The second-order valence-electron chi connectivity index (χ2n) is 6.42. The van der Waals surface area contributed by atoms with Crippen molar-refractivity contribution in [2.24, 2.45) is 0 Å². The minimum atomic E-state index is -0.105. The van der Waals surface area contributed by atoms with E-state index in [0.29, 0.717) is 12.3 Å². The summed E-state index contributed by atoms with van der Waals surface area (Å²) >= 11 is 0. The summed E-state index contributed by atoms with van der Waals surface area (Å²) in [5.41, 5.74) is 4.00. The van der Waals surface area contributed by atoms with Crippen LogP contribution in [0, 0.1) is 0 Å². The summed E-state index contributed by atoms with van der Waals surface area (Å²) in [6.07, 6.45) is 7.64. The Hall–Kier alpha value is -2.89. The van der Waals surface area contributed by atoms with Gasteiger partial charge in [0.2, 0.25) is 5.76 Å². The Labute approximate surface area is 146 Å². The van der Waals surface area contributed by atoms with Gasteiger partial charge in [-0.2, -0.15) is 5.10 Å². The molecule has 1 aromatic carbocycles. The molecule has 6 nitrogen and oxygen atoms in total. The van der Waals surface area contributed by atoms with Gasteiger partial charge in [0.15, 0.2) is 0 Å². The molecule has 1 aliphatic rings. The van der Waals surface area contributed by atoms with Crippen LogP contribution in [-0.4, -0.2) is 32.8 Å². The lowest BCUT2D eigenvalue weighted by Crippen LogP contribution is -2.27. The quantitative estimate of drug-likeness (QED) is 0.735. The number of benzene rings is 1. The number of carbonyl (C=O) groups is 1. The van der Waals surface area contributed by atoms with E-state index in [-0.39, 0.29) is 5.91 Å². The molecule has 0 saturated heterocycles. The lowest BCUT2D eigenvalue weighted by atomic mass is 9.96. The Morgan fingerprint density at radius 3 is 2.80 bits per heavy atom. The molecule has 25 heavy (non-hydrogen) atoms. The largest absolute Gasteiger partial charge is 0.350 e. The summed E-state index contributed by atoms with van der Waals surface area (Å²) < 4.78 is 7.16. The van der Waals surface area contributed by atoms with E-state index in [4.69, 9.17) is 4.52 Å². The van der Waals surface area contributed by atoms with E-state index in [1.807, 2.05) is 36.5 Å². The Morgan fingerprint density at radius 2 is 2.04 bits per heavy atom. The second kappa shape index (κ2) is 6.55. The molecule has 0 fully saturated rings. The fraction of sp³-hybridized carbons (Fsp3) is 0.316. The van der Waals surface area contributed by atoms with Gasteiger partial charge in [-0.15, -0.1) is 0 Å². The van der Waals surface area contributed by atoms with Crippen molar-refractivity contribution >= 4 is 5.91 Å². The average molecular weight is 336 g/mol. The highest BCUT2D eigenvalue weighted by molar-refractivity contribution is 5.92. The molecule has 0 radical (unpaired) electrons. The van der Waals surface area contributed by atoms with E-state index in [2.05, 4.69) is 10.3 Å². The van der Waals surface area contributed by atoms with Gasteiger partial charge >= 0.3 is 0 Å². The third kappa shape index (κ3) is 3.07. The Balaban J connectivity index is 1.47. The van der Waals surface area contributed by atoms with Crippen LogP contribution in [0.4, 0.5) is 0 Å². The smallest absolute Gasteiger partial charge is 0.292 e. The number of aryl methyl sites for hydroxylation is 1. The fourth-order valence-electron chi connectivity index (χ4n) is 3.25. The molecule has 4 rings (SSSR count).